The van der Waals surface area contributed by atoms with Gasteiger partial charge in [0.05, 0.1) is 17.6 Å². The second kappa shape index (κ2) is 7.15. The molecule has 0 unspecified atom stereocenters. The summed E-state index contributed by atoms with van der Waals surface area (Å²) in [5.74, 6) is 0.511. The molecule has 0 amide bonds. The number of benzene rings is 1. The Bertz CT molecular complexity index is 740. The third-order valence-electron chi connectivity index (χ3n) is 3.73. The van der Waals surface area contributed by atoms with Crippen LogP contribution in [0.25, 0.3) is 16.7 Å². The minimum atomic E-state index is 0.511. The van der Waals surface area contributed by atoms with Crippen molar-refractivity contribution in [2.24, 2.45) is 0 Å². The number of nitrogens with zero attached hydrogens (tertiary/aromatic N) is 5. The van der Waals surface area contributed by atoms with Gasteiger partial charge in [0.2, 0.25) is 5.65 Å². The van der Waals surface area contributed by atoms with Gasteiger partial charge in [0.1, 0.15) is 0 Å². The smallest absolute Gasteiger partial charge is 0.262 e. The highest BCUT2D eigenvalue weighted by atomic mass is 16.5. The van der Waals surface area contributed by atoms with E-state index in [0.717, 1.165) is 17.5 Å². The number of para-hydroxylation sites is 2. The fourth-order valence-electron chi connectivity index (χ4n) is 2.53. The minimum absolute atomic E-state index is 0.511. The van der Waals surface area contributed by atoms with Crippen LogP contribution in [-0.4, -0.2) is 31.6 Å². The van der Waals surface area contributed by atoms with Crippen molar-refractivity contribution in [2.45, 2.75) is 45.4 Å². The summed E-state index contributed by atoms with van der Waals surface area (Å²) in [5.41, 5.74) is 2.29. The lowest BCUT2D eigenvalue weighted by atomic mass is 10.1. The molecular formula is C16H21N5O. The molecule has 22 heavy (non-hydrogen) atoms. The number of hydrogen-bond donors (Lipinski definition) is 0. The summed E-state index contributed by atoms with van der Waals surface area (Å²) in [4.78, 5) is 4.54. The van der Waals surface area contributed by atoms with Gasteiger partial charge in [0.25, 0.3) is 5.88 Å². The lowest BCUT2D eigenvalue weighted by Gasteiger charge is -2.07. The second-order valence-electron chi connectivity index (χ2n) is 5.44. The Balaban J connectivity index is 1.66. The van der Waals surface area contributed by atoms with Crippen molar-refractivity contribution in [3.63, 3.8) is 0 Å². The number of unbranched alkanes of at least 4 members (excludes halogenated alkanes) is 5. The molecule has 1 aromatic carbocycles. The van der Waals surface area contributed by atoms with Gasteiger partial charge in [-0.15, -0.1) is 5.10 Å². The molecule has 0 aliphatic carbocycles. The van der Waals surface area contributed by atoms with Crippen molar-refractivity contribution >= 4 is 16.7 Å². The monoisotopic (exact) mass is 299 g/mol. The van der Waals surface area contributed by atoms with Crippen LogP contribution in [0.3, 0.4) is 0 Å². The molecule has 116 valence electrons. The highest BCUT2D eigenvalue weighted by molar-refractivity contribution is 5.78. The zero-order valence-corrected chi connectivity index (χ0v) is 12.9. The predicted octanol–water partition coefficient (Wildman–Crippen LogP) is 3.41. The lowest BCUT2D eigenvalue weighted by molar-refractivity contribution is 0.296. The van der Waals surface area contributed by atoms with Crippen LogP contribution in [0.15, 0.2) is 24.3 Å². The Morgan fingerprint density at radius 2 is 1.86 bits per heavy atom. The van der Waals surface area contributed by atoms with Crippen LogP contribution >= 0.6 is 0 Å². The van der Waals surface area contributed by atoms with Gasteiger partial charge in [-0.1, -0.05) is 51.2 Å². The molecule has 0 bridgehead atoms. The Hall–Kier alpha value is -2.24. The summed E-state index contributed by atoms with van der Waals surface area (Å²) in [5, 5.41) is 11.8. The number of tetrazole rings is 1. The molecule has 0 spiro atoms. The first-order valence-electron chi connectivity index (χ1n) is 8.00. The second-order valence-corrected chi connectivity index (χ2v) is 5.44. The van der Waals surface area contributed by atoms with Crippen LogP contribution in [0.5, 0.6) is 5.88 Å². The first-order valence-corrected chi connectivity index (χ1v) is 8.00. The third kappa shape index (κ3) is 3.16. The summed E-state index contributed by atoms with van der Waals surface area (Å²) < 4.78 is 7.50. The first-order chi connectivity index (χ1) is 10.9. The van der Waals surface area contributed by atoms with Crippen molar-refractivity contribution < 1.29 is 4.74 Å². The largest absolute Gasteiger partial charge is 0.475 e. The maximum atomic E-state index is 5.82. The van der Waals surface area contributed by atoms with Crippen LogP contribution in [0.4, 0.5) is 0 Å². The summed E-state index contributed by atoms with van der Waals surface area (Å²) in [6, 6.07) is 7.78. The van der Waals surface area contributed by atoms with Crippen molar-refractivity contribution in [2.75, 3.05) is 6.61 Å². The maximum absolute atomic E-state index is 5.82. The molecule has 0 aliphatic heterocycles. The van der Waals surface area contributed by atoms with Gasteiger partial charge in [-0.05, 0) is 29.0 Å². The van der Waals surface area contributed by atoms with Gasteiger partial charge < -0.3 is 4.74 Å². The number of hydrogen-bond acceptors (Lipinski definition) is 5. The van der Waals surface area contributed by atoms with E-state index in [2.05, 4.69) is 27.4 Å². The Kier molecular flexibility index (Phi) is 4.78. The molecule has 0 N–H and O–H groups in total. The van der Waals surface area contributed by atoms with Gasteiger partial charge in [-0.3, -0.25) is 0 Å². The topological polar surface area (TPSA) is 65.2 Å². The Labute approximate surface area is 129 Å². The lowest BCUT2D eigenvalue weighted by Crippen LogP contribution is -2.03. The zero-order valence-electron chi connectivity index (χ0n) is 12.9. The molecule has 6 nitrogen and oxygen atoms in total. The summed E-state index contributed by atoms with van der Waals surface area (Å²) in [6.45, 7) is 2.88. The van der Waals surface area contributed by atoms with Crippen LogP contribution in [0.1, 0.15) is 45.4 Å². The molecule has 3 rings (SSSR count). The standard InChI is InChI=1S/C16H21N5O/c1-2-3-4-5-6-9-12-22-16-15-18-19-20-21(15)14-11-8-7-10-13(14)17-16/h7-8,10-11H,2-6,9,12H2,1H3. The van der Waals surface area contributed by atoms with Gasteiger partial charge in [-0.25, -0.2) is 4.98 Å². The van der Waals surface area contributed by atoms with E-state index in [1.165, 1.54) is 32.1 Å². The fourth-order valence-corrected chi connectivity index (χ4v) is 2.53. The average Bonchev–Trinajstić information content (AvgIpc) is 3.04. The van der Waals surface area contributed by atoms with E-state index >= 15 is 0 Å². The van der Waals surface area contributed by atoms with Crippen LogP contribution < -0.4 is 4.74 Å². The first kappa shape index (κ1) is 14.7. The molecule has 0 aliphatic rings. The van der Waals surface area contributed by atoms with E-state index in [0.29, 0.717) is 18.1 Å². The average molecular weight is 299 g/mol. The van der Waals surface area contributed by atoms with Crippen molar-refractivity contribution in [3.05, 3.63) is 24.3 Å². The maximum Gasteiger partial charge on any atom is 0.262 e. The molecule has 2 heterocycles. The third-order valence-corrected chi connectivity index (χ3v) is 3.73. The van der Waals surface area contributed by atoms with Crippen molar-refractivity contribution in [3.8, 4) is 5.88 Å². The number of ether oxygens (including phenoxy) is 1. The van der Waals surface area contributed by atoms with Gasteiger partial charge >= 0.3 is 0 Å². The number of rotatable bonds is 8. The number of fused-ring (bicyclic) bond motifs is 3. The fraction of sp³-hybridized carbons (Fsp3) is 0.500. The SMILES string of the molecule is CCCCCCCCOc1nc2ccccc2n2nnnc12. The van der Waals surface area contributed by atoms with Crippen molar-refractivity contribution in [1.29, 1.82) is 0 Å². The highest BCUT2D eigenvalue weighted by Crippen LogP contribution is 2.20. The van der Waals surface area contributed by atoms with E-state index in [9.17, 15) is 0 Å². The van der Waals surface area contributed by atoms with E-state index in [-0.39, 0.29) is 0 Å². The molecule has 2 aromatic heterocycles. The summed E-state index contributed by atoms with van der Waals surface area (Å²) in [7, 11) is 0. The molecule has 0 atom stereocenters. The highest BCUT2D eigenvalue weighted by Gasteiger charge is 2.12. The van der Waals surface area contributed by atoms with Crippen LogP contribution in [0, 0.1) is 0 Å². The molecular weight excluding hydrogens is 278 g/mol. The Morgan fingerprint density at radius 1 is 1.05 bits per heavy atom. The molecule has 6 heteroatoms. The summed E-state index contributed by atoms with van der Waals surface area (Å²) in [6.07, 6.45) is 7.39. The van der Waals surface area contributed by atoms with Crippen LogP contribution in [-0.2, 0) is 0 Å². The van der Waals surface area contributed by atoms with Gasteiger partial charge in [0.15, 0.2) is 0 Å². The Morgan fingerprint density at radius 3 is 2.77 bits per heavy atom. The molecule has 3 aromatic rings. The number of aromatic nitrogens is 5. The minimum Gasteiger partial charge on any atom is -0.475 e. The molecule has 0 radical (unpaired) electrons. The van der Waals surface area contributed by atoms with Gasteiger partial charge in [-0.2, -0.15) is 4.52 Å². The molecule has 0 fully saturated rings. The quantitative estimate of drug-likeness (QED) is 0.596. The molecule has 0 saturated heterocycles. The molecule has 0 saturated carbocycles. The van der Waals surface area contributed by atoms with Crippen molar-refractivity contribution in [1.82, 2.24) is 25.0 Å². The van der Waals surface area contributed by atoms with Gasteiger partial charge in [0, 0.05) is 0 Å². The van der Waals surface area contributed by atoms with E-state index in [1.807, 2.05) is 24.3 Å². The normalized spacial score (nSPS) is 11.3. The zero-order chi connectivity index (χ0) is 15.2. The predicted molar refractivity (Wildman–Crippen MR) is 85.0 cm³/mol. The van der Waals surface area contributed by atoms with E-state index in [1.54, 1.807) is 4.52 Å². The van der Waals surface area contributed by atoms with Crippen LogP contribution in [0.2, 0.25) is 0 Å². The van der Waals surface area contributed by atoms with E-state index in [4.69, 9.17) is 4.74 Å². The summed E-state index contributed by atoms with van der Waals surface area (Å²) >= 11 is 0. The van der Waals surface area contributed by atoms with E-state index < -0.39 is 0 Å².